The molecule has 21 heavy (non-hydrogen) atoms. The van der Waals surface area contributed by atoms with Crippen molar-refractivity contribution in [3.63, 3.8) is 0 Å². The number of guanidine groups is 1. The molecule has 0 aromatic heterocycles. The lowest BCUT2D eigenvalue weighted by Gasteiger charge is -2.26. The van der Waals surface area contributed by atoms with Gasteiger partial charge in [-0.2, -0.15) is 0 Å². The van der Waals surface area contributed by atoms with E-state index in [1.165, 1.54) is 12.0 Å². The minimum absolute atomic E-state index is 0.0563. The van der Waals surface area contributed by atoms with Crippen molar-refractivity contribution in [3.8, 4) is 0 Å². The second kappa shape index (κ2) is 7.67. The molecule has 0 unspecified atom stereocenters. The Morgan fingerprint density at radius 2 is 1.90 bits per heavy atom. The number of hydrogen-bond acceptors (Lipinski definition) is 2. The van der Waals surface area contributed by atoms with Crippen LogP contribution in [0.25, 0.3) is 0 Å². The Morgan fingerprint density at radius 1 is 1.24 bits per heavy atom. The summed E-state index contributed by atoms with van der Waals surface area (Å²) in [5, 5.41) is 3.01. The van der Waals surface area contributed by atoms with Crippen molar-refractivity contribution in [1.82, 2.24) is 4.90 Å². The first kappa shape index (κ1) is 15.4. The van der Waals surface area contributed by atoms with Gasteiger partial charge in [-0.1, -0.05) is 19.1 Å². The molecule has 5 nitrogen and oxygen atoms in total. The number of aliphatic imine (C=N–C) groups is 1. The maximum atomic E-state index is 12.0. The summed E-state index contributed by atoms with van der Waals surface area (Å²) >= 11 is 0. The van der Waals surface area contributed by atoms with Gasteiger partial charge in [0.25, 0.3) is 0 Å². The molecule has 1 aromatic rings. The molecular formula is C16H24N4O. The molecule has 0 bridgehead atoms. The van der Waals surface area contributed by atoms with Crippen molar-refractivity contribution in [2.45, 2.75) is 32.6 Å². The Bertz CT molecular complexity index is 490. The van der Waals surface area contributed by atoms with Crippen LogP contribution in [0.1, 0.15) is 31.7 Å². The third-order valence-electron chi connectivity index (χ3n) is 3.73. The van der Waals surface area contributed by atoms with Gasteiger partial charge in [-0.25, -0.2) is 4.99 Å². The molecule has 1 amide bonds. The van der Waals surface area contributed by atoms with Crippen LogP contribution < -0.4 is 11.1 Å². The lowest BCUT2D eigenvalue weighted by atomic mass is 10.1. The van der Waals surface area contributed by atoms with E-state index in [-0.39, 0.29) is 18.4 Å². The zero-order valence-electron chi connectivity index (χ0n) is 12.6. The zero-order valence-corrected chi connectivity index (χ0v) is 12.6. The fourth-order valence-electron chi connectivity index (χ4n) is 2.41. The summed E-state index contributed by atoms with van der Waals surface area (Å²) in [7, 11) is 0. The largest absolute Gasteiger partial charge is 0.370 e. The van der Waals surface area contributed by atoms with Crippen molar-refractivity contribution >= 4 is 17.6 Å². The molecule has 1 aliphatic heterocycles. The van der Waals surface area contributed by atoms with Crippen LogP contribution in [0, 0.1) is 0 Å². The number of aryl methyl sites for hydroxylation is 1. The van der Waals surface area contributed by atoms with Crippen molar-refractivity contribution < 1.29 is 4.79 Å². The molecule has 1 fully saturated rings. The van der Waals surface area contributed by atoms with Crippen LogP contribution in [0.5, 0.6) is 0 Å². The first-order valence-corrected chi connectivity index (χ1v) is 7.62. The van der Waals surface area contributed by atoms with Crippen LogP contribution in [0.2, 0.25) is 0 Å². The molecule has 0 aliphatic carbocycles. The monoisotopic (exact) mass is 288 g/mol. The Kier molecular flexibility index (Phi) is 5.60. The fraction of sp³-hybridized carbons (Fsp3) is 0.500. The van der Waals surface area contributed by atoms with Gasteiger partial charge in [-0.05, 0) is 43.4 Å². The van der Waals surface area contributed by atoms with Gasteiger partial charge in [0, 0.05) is 18.8 Å². The fourth-order valence-corrected chi connectivity index (χ4v) is 2.41. The van der Waals surface area contributed by atoms with Crippen LogP contribution in [0.4, 0.5) is 5.69 Å². The van der Waals surface area contributed by atoms with Gasteiger partial charge in [0.2, 0.25) is 5.91 Å². The topological polar surface area (TPSA) is 70.7 Å². The minimum atomic E-state index is 0.0563. The number of carbonyl (C=O) groups excluding carboxylic acids is 1. The number of anilines is 1. The highest BCUT2D eigenvalue weighted by atomic mass is 16.2. The quantitative estimate of drug-likeness (QED) is 0.657. The van der Waals surface area contributed by atoms with E-state index in [9.17, 15) is 4.79 Å². The standard InChI is InChI=1S/C16H24N4O/c1-2-13-6-8-14(9-7-13)19-16(17)18-12-15(21)20-10-4-3-5-11-20/h6-9H,2-5,10-12H2,1H3,(H3,17,18,19). The summed E-state index contributed by atoms with van der Waals surface area (Å²) in [6.45, 7) is 3.93. The van der Waals surface area contributed by atoms with Crippen molar-refractivity contribution in [2.75, 3.05) is 25.0 Å². The number of hydrogen-bond donors (Lipinski definition) is 2. The normalized spacial score (nSPS) is 15.9. The van der Waals surface area contributed by atoms with Gasteiger partial charge in [0.1, 0.15) is 6.54 Å². The number of nitrogens with two attached hydrogens (primary N) is 1. The lowest BCUT2D eigenvalue weighted by Crippen LogP contribution is -2.37. The van der Waals surface area contributed by atoms with E-state index < -0.39 is 0 Å². The Morgan fingerprint density at radius 3 is 2.52 bits per heavy atom. The summed E-state index contributed by atoms with van der Waals surface area (Å²) in [4.78, 5) is 18.0. The average molecular weight is 288 g/mol. The summed E-state index contributed by atoms with van der Waals surface area (Å²) in [6, 6.07) is 8.03. The molecule has 0 radical (unpaired) electrons. The number of amides is 1. The molecule has 5 heteroatoms. The second-order valence-electron chi connectivity index (χ2n) is 5.32. The molecular weight excluding hydrogens is 264 g/mol. The first-order chi connectivity index (χ1) is 10.2. The molecule has 1 aromatic carbocycles. The van der Waals surface area contributed by atoms with Gasteiger partial charge >= 0.3 is 0 Å². The van der Waals surface area contributed by atoms with E-state index in [0.29, 0.717) is 0 Å². The van der Waals surface area contributed by atoms with E-state index in [2.05, 4.69) is 29.4 Å². The highest BCUT2D eigenvalue weighted by molar-refractivity contribution is 5.93. The Labute approximate surface area is 126 Å². The smallest absolute Gasteiger partial charge is 0.244 e. The third kappa shape index (κ3) is 4.77. The van der Waals surface area contributed by atoms with E-state index in [1.807, 2.05) is 17.0 Å². The molecule has 1 saturated heterocycles. The van der Waals surface area contributed by atoms with Crippen LogP contribution in [0.15, 0.2) is 29.3 Å². The zero-order chi connectivity index (χ0) is 15.1. The summed E-state index contributed by atoms with van der Waals surface area (Å²) < 4.78 is 0. The second-order valence-corrected chi connectivity index (χ2v) is 5.32. The number of likely N-dealkylation sites (tertiary alicyclic amines) is 1. The van der Waals surface area contributed by atoms with E-state index in [4.69, 9.17) is 5.73 Å². The van der Waals surface area contributed by atoms with Gasteiger partial charge in [-0.3, -0.25) is 4.79 Å². The van der Waals surface area contributed by atoms with E-state index >= 15 is 0 Å². The maximum absolute atomic E-state index is 12.0. The molecule has 0 atom stereocenters. The molecule has 0 spiro atoms. The van der Waals surface area contributed by atoms with Crippen LogP contribution in [0.3, 0.4) is 0 Å². The highest BCUT2D eigenvalue weighted by Gasteiger charge is 2.15. The summed E-state index contributed by atoms with van der Waals surface area (Å²) in [6.07, 6.45) is 4.40. The number of benzene rings is 1. The number of nitrogens with zero attached hydrogens (tertiary/aromatic N) is 2. The maximum Gasteiger partial charge on any atom is 0.244 e. The third-order valence-corrected chi connectivity index (χ3v) is 3.73. The van der Waals surface area contributed by atoms with Crippen LogP contribution >= 0.6 is 0 Å². The van der Waals surface area contributed by atoms with Crippen LogP contribution in [-0.2, 0) is 11.2 Å². The van der Waals surface area contributed by atoms with E-state index in [0.717, 1.165) is 38.0 Å². The number of piperidine rings is 1. The van der Waals surface area contributed by atoms with Crippen LogP contribution in [-0.4, -0.2) is 36.4 Å². The van der Waals surface area contributed by atoms with Gasteiger partial charge in [-0.15, -0.1) is 0 Å². The van der Waals surface area contributed by atoms with Crippen molar-refractivity contribution in [1.29, 1.82) is 0 Å². The SMILES string of the molecule is CCc1ccc(NC(N)=NCC(=O)N2CCCCC2)cc1. The predicted molar refractivity (Wildman–Crippen MR) is 86.4 cm³/mol. The minimum Gasteiger partial charge on any atom is -0.370 e. The molecule has 3 N–H and O–H groups in total. The number of rotatable bonds is 4. The predicted octanol–water partition coefficient (Wildman–Crippen LogP) is 1.99. The van der Waals surface area contributed by atoms with Crippen molar-refractivity contribution in [3.05, 3.63) is 29.8 Å². The van der Waals surface area contributed by atoms with Gasteiger partial charge < -0.3 is 16.0 Å². The van der Waals surface area contributed by atoms with Gasteiger partial charge in [0.15, 0.2) is 5.96 Å². The Hall–Kier alpha value is -2.04. The molecule has 0 saturated carbocycles. The number of carbonyl (C=O) groups is 1. The van der Waals surface area contributed by atoms with Crippen molar-refractivity contribution in [2.24, 2.45) is 10.7 Å². The number of nitrogens with one attached hydrogen (secondary N) is 1. The Balaban J connectivity index is 1.83. The van der Waals surface area contributed by atoms with Gasteiger partial charge in [0.05, 0.1) is 0 Å². The molecule has 1 heterocycles. The first-order valence-electron chi connectivity index (χ1n) is 7.62. The molecule has 2 rings (SSSR count). The summed E-state index contributed by atoms with van der Waals surface area (Å²) in [5.74, 6) is 0.338. The molecule has 1 aliphatic rings. The average Bonchev–Trinajstić information content (AvgIpc) is 2.54. The molecule has 114 valence electrons. The lowest BCUT2D eigenvalue weighted by molar-refractivity contribution is -0.130. The van der Waals surface area contributed by atoms with E-state index in [1.54, 1.807) is 0 Å². The highest BCUT2D eigenvalue weighted by Crippen LogP contribution is 2.10. The summed E-state index contributed by atoms with van der Waals surface area (Å²) in [5.41, 5.74) is 7.98.